The summed E-state index contributed by atoms with van der Waals surface area (Å²) in [5.74, 6) is -1.13. The summed E-state index contributed by atoms with van der Waals surface area (Å²) in [6.07, 6.45) is -1.02. The van der Waals surface area contributed by atoms with Crippen LogP contribution in [-0.4, -0.2) is 39.4 Å². The number of carbonyl (C=O) groups is 2. The quantitative estimate of drug-likeness (QED) is 0.509. The molecule has 3 rings (SSSR count). The molecule has 0 aliphatic rings. The highest BCUT2D eigenvalue weighted by atomic mass is 16.5. The largest absolute Gasteiger partial charge is 0.449 e. The Morgan fingerprint density at radius 1 is 1.10 bits per heavy atom. The predicted molar refractivity (Wildman–Crippen MR) is 108 cm³/mol. The zero-order valence-electron chi connectivity index (χ0n) is 16.5. The maximum atomic E-state index is 12.8. The van der Waals surface area contributed by atoms with E-state index in [1.807, 2.05) is 19.9 Å². The normalized spacial score (nSPS) is 12.0. The third-order valence-electron chi connectivity index (χ3n) is 4.82. The van der Waals surface area contributed by atoms with Gasteiger partial charge in [0.25, 0.3) is 5.56 Å². The first-order valence-electron chi connectivity index (χ1n) is 9.26. The third kappa shape index (κ3) is 4.09. The minimum atomic E-state index is -1.02. The van der Waals surface area contributed by atoms with E-state index >= 15 is 0 Å². The van der Waals surface area contributed by atoms with E-state index in [2.05, 4.69) is 5.10 Å². The van der Waals surface area contributed by atoms with Crippen molar-refractivity contribution in [2.24, 2.45) is 0 Å². The molecule has 0 saturated heterocycles. The van der Waals surface area contributed by atoms with Crippen LogP contribution < -0.4 is 5.56 Å². The summed E-state index contributed by atoms with van der Waals surface area (Å²) in [7, 11) is 0. The molecule has 0 aliphatic carbocycles. The number of aryl methyl sites for hydroxylation is 2. The standard InChI is InChI=1S/C22H22N2O5/c1-13-8-9-16(12-14(13)2)20(26)15(3)29-22(28)19-17-6-4-5-7-18(17)21(27)24(23-19)10-11-25/h4-9,12,15,25H,10-11H2,1-3H3/t15-/m0/s1. The van der Waals surface area contributed by atoms with Crippen molar-refractivity contribution in [3.05, 3.63) is 75.2 Å². The number of carbonyl (C=O) groups excluding carboxylic acids is 2. The predicted octanol–water partition coefficient (Wildman–Crippen LogP) is 2.43. The average molecular weight is 394 g/mol. The Kier molecular flexibility index (Phi) is 5.89. The van der Waals surface area contributed by atoms with Crippen molar-refractivity contribution >= 4 is 22.5 Å². The number of rotatable bonds is 6. The van der Waals surface area contributed by atoms with Crippen molar-refractivity contribution in [3.63, 3.8) is 0 Å². The lowest BCUT2D eigenvalue weighted by Crippen LogP contribution is -2.30. The number of aliphatic hydroxyl groups is 1. The van der Waals surface area contributed by atoms with E-state index in [0.29, 0.717) is 10.9 Å². The molecule has 1 heterocycles. The molecule has 0 unspecified atom stereocenters. The fourth-order valence-electron chi connectivity index (χ4n) is 3.03. The molecule has 150 valence electrons. The van der Waals surface area contributed by atoms with Crippen molar-refractivity contribution in [2.45, 2.75) is 33.4 Å². The molecule has 0 saturated carbocycles. The second-order valence-corrected chi connectivity index (χ2v) is 6.86. The zero-order chi connectivity index (χ0) is 21.1. The van der Waals surface area contributed by atoms with Crippen LogP contribution in [0, 0.1) is 13.8 Å². The van der Waals surface area contributed by atoms with Crippen LogP contribution in [0.25, 0.3) is 10.8 Å². The number of aliphatic hydroxyl groups excluding tert-OH is 1. The van der Waals surface area contributed by atoms with Gasteiger partial charge in [-0.2, -0.15) is 5.10 Å². The Labute approximate surface area is 167 Å². The maximum Gasteiger partial charge on any atom is 0.360 e. The molecule has 1 atom stereocenters. The Balaban J connectivity index is 1.93. The summed E-state index contributed by atoms with van der Waals surface area (Å²) in [6.45, 7) is 5.00. The highest BCUT2D eigenvalue weighted by Gasteiger charge is 2.24. The van der Waals surface area contributed by atoms with Crippen LogP contribution in [0.4, 0.5) is 0 Å². The number of Topliss-reactive ketones (excluding diaryl/α,β-unsaturated/α-hetero) is 1. The van der Waals surface area contributed by atoms with E-state index in [9.17, 15) is 19.5 Å². The number of hydrogen-bond acceptors (Lipinski definition) is 6. The molecule has 29 heavy (non-hydrogen) atoms. The lowest BCUT2D eigenvalue weighted by Gasteiger charge is -2.14. The van der Waals surface area contributed by atoms with Crippen molar-refractivity contribution in [2.75, 3.05) is 6.61 Å². The summed E-state index contributed by atoms with van der Waals surface area (Å²) in [6, 6.07) is 11.8. The second kappa shape index (κ2) is 8.36. The highest BCUT2D eigenvalue weighted by Crippen LogP contribution is 2.17. The molecule has 2 aromatic carbocycles. The van der Waals surface area contributed by atoms with Gasteiger partial charge in [0.2, 0.25) is 5.78 Å². The number of ether oxygens (including phenoxy) is 1. The molecule has 0 bridgehead atoms. The van der Waals surface area contributed by atoms with E-state index in [4.69, 9.17) is 4.74 Å². The monoisotopic (exact) mass is 394 g/mol. The van der Waals surface area contributed by atoms with Gasteiger partial charge < -0.3 is 9.84 Å². The van der Waals surface area contributed by atoms with Crippen molar-refractivity contribution in [3.8, 4) is 0 Å². The van der Waals surface area contributed by atoms with Crippen LogP contribution in [0.3, 0.4) is 0 Å². The van der Waals surface area contributed by atoms with Gasteiger partial charge in [-0.25, -0.2) is 9.48 Å². The molecular formula is C22H22N2O5. The smallest absolute Gasteiger partial charge is 0.360 e. The number of benzene rings is 2. The molecule has 0 spiro atoms. The minimum Gasteiger partial charge on any atom is -0.449 e. The fourth-order valence-corrected chi connectivity index (χ4v) is 3.03. The van der Waals surface area contributed by atoms with Gasteiger partial charge in [0.05, 0.1) is 18.5 Å². The second-order valence-electron chi connectivity index (χ2n) is 6.86. The van der Waals surface area contributed by atoms with Crippen molar-refractivity contribution < 1.29 is 19.4 Å². The molecule has 0 amide bonds. The lowest BCUT2D eigenvalue weighted by molar-refractivity contribution is 0.0312. The summed E-state index contributed by atoms with van der Waals surface area (Å²) >= 11 is 0. The zero-order valence-corrected chi connectivity index (χ0v) is 16.5. The molecule has 3 aromatic rings. The van der Waals surface area contributed by atoms with Crippen molar-refractivity contribution in [1.29, 1.82) is 0 Å². The topological polar surface area (TPSA) is 98.5 Å². The van der Waals surface area contributed by atoms with Gasteiger partial charge in [0.1, 0.15) is 0 Å². The summed E-state index contributed by atoms with van der Waals surface area (Å²) < 4.78 is 6.40. The highest BCUT2D eigenvalue weighted by molar-refractivity contribution is 6.05. The van der Waals surface area contributed by atoms with E-state index in [1.165, 1.54) is 6.92 Å². The Bertz CT molecular complexity index is 1150. The maximum absolute atomic E-state index is 12.8. The molecule has 0 fully saturated rings. The van der Waals surface area contributed by atoms with Crippen LogP contribution in [0.2, 0.25) is 0 Å². The van der Waals surface area contributed by atoms with Crippen LogP contribution in [0.5, 0.6) is 0 Å². The van der Waals surface area contributed by atoms with Gasteiger partial charge in [-0.3, -0.25) is 9.59 Å². The van der Waals surface area contributed by atoms with Gasteiger partial charge in [0.15, 0.2) is 11.8 Å². The Morgan fingerprint density at radius 3 is 2.45 bits per heavy atom. The van der Waals surface area contributed by atoms with Gasteiger partial charge in [0, 0.05) is 10.9 Å². The van der Waals surface area contributed by atoms with Gasteiger partial charge >= 0.3 is 5.97 Å². The number of nitrogens with zero attached hydrogens (tertiary/aromatic N) is 2. The Morgan fingerprint density at radius 2 is 1.79 bits per heavy atom. The average Bonchev–Trinajstić information content (AvgIpc) is 2.71. The summed E-state index contributed by atoms with van der Waals surface area (Å²) in [5.41, 5.74) is 2.00. The first kappa shape index (κ1) is 20.4. The van der Waals surface area contributed by atoms with E-state index in [1.54, 1.807) is 36.4 Å². The van der Waals surface area contributed by atoms with E-state index in [0.717, 1.165) is 15.8 Å². The molecule has 0 aliphatic heterocycles. The SMILES string of the molecule is Cc1ccc(C(=O)[C@H](C)OC(=O)c2nn(CCO)c(=O)c3ccccc23)cc1C. The number of aromatic nitrogens is 2. The lowest BCUT2D eigenvalue weighted by atomic mass is 10.0. The molecule has 7 heteroatoms. The molecule has 0 radical (unpaired) electrons. The van der Waals surface area contributed by atoms with Gasteiger partial charge in [-0.1, -0.05) is 30.3 Å². The number of ketones is 1. The number of fused-ring (bicyclic) bond motifs is 1. The number of esters is 1. The number of hydrogen-bond donors (Lipinski definition) is 1. The van der Waals surface area contributed by atoms with Crippen LogP contribution >= 0.6 is 0 Å². The van der Waals surface area contributed by atoms with E-state index < -0.39 is 17.6 Å². The van der Waals surface area contributed by atoms with Crippen LogP contribution in [-0.2, 0) is 11.3 Å². The van der Waals surface area contributed by atoms with Gasteiger partial charge in [-0.15, -0.1) is 0 Å². The molecule has 7 nitrogen and oxygen atoms in total. The van der Waals surface area contributed by atoms with Gasteiger partial charge in [-0.05, 0) is 44.0 Å². The Hall–Kier alpha value is -3.32. The summed E-state index contributed by atoms with van der Waals surface area (Å²) in [5, 5.41) is 13.9. The minimum absolute atomic E-state index is 0.0545. The molecule has 1 N–H and O–H groups in total. The van der Waals surface area contributed by atoms with Crippen LogP contribution in [0.1, 0.15) is 38.9 Å². The summed E-state index contributed by atoms with van der Waals surface area (Å²) in [4.78, 5) is 37.9. The van der Waals surface area contributed by atoms with Crippen LogP contribution in [0.15, 0.2) is 47.3 Å². The first-order valence-corrected chi connectivity index (χ1v) is 9.26. The fraction of sp³-hybridized carbons (Fsp3) is 0.273. The van der Waals surface area contributed by atoms with E-state index in [-0.39, 0.29) is 30.0 Å². The molecular weight excluding hydrogens is 372 g/mol. The third-order valence-corrected chi connectivity index (χ3v) is 4.82. The van der Waals surface area contributed by atoms with Crippen molar-refractivity contribution in [1.82, 2.24) is 9.78 Å². The first-order chi connectivity index (χ1) is 13.8. The molecule has 1 aromatic heterocycles.